The summed E-state index contributed by atoms with van der Waals surface area (Å²) in [7, 11) is 1.51. The first-order chi connectivity index (χ1) is 9.81. The fraction of sp³-hybridized carbons (Fsp3) is 0.357. The van der Waals surface area contributed by atoms with Crippen LogP contribution >= 0.6 is 0 Å². The summed E-state index contributed by atoms with van der Waals surface area (Å²) in [5, 5.41) is 3.09. The fourth-order valence-electron chi connectivity index (χ4n) is 1.53. The summed E-state index contributed by atoms with van der Waals surface area (Å²) >= 11 is 0. The van der Waals surface area contributed by atoms with Crippen molar-refractivity contribution in [2.75, 3.05) is 19.0 Å². The molecule has 0 aliphatic carbocycles. The number of methoxy groups -OCH3 is 1. The van der Waals surface area contributed by atoms with E-state index in [1.165, 1.54) is 7.11 Å². The van der Waals surface area contributed by atoms with Gasteiger partial charge in [0.1, 0.15) is 6.61 Å². The molecule has 6 heteroatoms. The Labute approximate surface area is 118 Å². The molecule has 0 amide bonds. The summed E-state index contributed by atoms with van der Waals surface area (Å²) in [5.41, 5.74) is 1.05. The SMILES string of the molecule is CCCNc1nc(OC)nc(OCc2ccccc2)n1. The maximum atomic E-state index is 5.57. The van der Waals surface area contributed by atoms with Crippen LogP contribution in [0.25, 0.3) is 0 Å². The van der Waals surface area contributed by atoms with Crippen LogP contribution in [0.15, 0.2) is 30.3 Å². The van der Waals surface area contributed by atoms with Crippen molar-refractivity contribution in [3.63, 3.8) is 0 Å². The summed E-state index contributed by atoms with van der Waals surface area (Å²) in [6.45, 7) is 3.25. The molecule has 1 N–H and O–H groups in total. The van der Waals surface area contributed by atoms with E-state index in [1.54, 1.807) is 0 Å². The van der Waals surface area contributed by atoms with Crippen molar-refractivity contribution in [2.24, 2.45) is 0 Å². The van der Waals surface area contributed by atoms with Gasteiger partial charge in [0.2, 0.25) is 5.95 Å². The predicted octanol–water partition coefficient (Wildman–Crippen LogP) is 2.28. The topological polar surface area (TPSA) is 69.2 Å². The van der Waals surface area contributed by atoms with E-state index >= 15 is 0 Å². The number of aromatic nitrogens is 3. The number of ether oxygens (including phenoxy) is 2. The average Bonchev–Trinajstić information content (AvgIpc) is 2.51. The van der Waals surface area contributed by atoms with Gasteiger partial charge in [0.05, 0.1) is 7.11 Å². The number of rotatable bonds is 7. The van der Waals surface area contributed by atoms with Gasteiger partial charge in [0.25, 0.3) is 0 Å². The molecular formula is C14H18N4O2. The second-order valence-electron chi connectivity index (χ2n) is 4.13. The van der Waals surface area contributed by atoms with Crippen LogP contribution in [-0.4, -0.2) is 28.6 Å². The van der Waals surface area contributed by atoms with Gasteiger partial charge < -0.3 is 14.8 Å². The first-order valence-electron chi connectivity index (χ1n) is 6.52. The minimum atomic E-state index is 0.238. The van der Waals surface area contributed by atoms with Gasteiger partial charge in [-0.25, -0.2) is 0 Å². The van der Waals surface area contributed by atoms with Gasteiger partial charge >= 0.3 is 12.0 Å². The molecule has 20 heavy (non-hydrogen) atoms. The summed E-state index contributed by atoms with van der Waals surface area (Å²) in [5.74, 6) is 0.460. The Hall–Kier alpha value is -2.37. The molecule has 0 bridgehead atoms. The number of benzene rings is 1. The molecule has 0 aliphatic heterocycles. The second kappa shape index (κ2) is 7.28. The second-order valence-corrected chi connectivity index (χ2v) is 4.13. The Kier molecular flexibility index (Phi) is 5.11. The Bertz CT molecular complexity index is 534. The van der Waals surface area contributed by atoms with Crippen molar-refractivity contribution in [1.29, 1.82) is 0 Å². The van der Waals surface area contributed by atoms with E-state index in [0.29, 0.717) is 12.6 Å². The highest BCUT2D eigenvalue weighted by Crippen LogP contribution is 2.14. The lowest BCUT2D eigenvalue weighted by atomic mass is 10.2. The molecule has 1 aromatic carbocycles. The quantitative estimate of drug-likeness (QED) is 0.835. The highest BCUT2D eigenvalue weighted by Gasteiger charge is 2.07. The maximum Gasteiger partial charge on any atom is 0.324 e. The molecule has 0 spiro atoms. The van der Waals surface area contributed by atoms with Gasteiger partial charge in [-0.2, -0.15) is 9.97 Å². The number of hydrogen-bond acceptors (Lipinski definition) is 6. The minimum absolute atomic E-state index is 0.238. The molecular weight excluding hydrogens is 256 g/mol. The highest BCUT2D eigenvalue weighted by molar-refractivity contribution is 5.27. The Morgan fingerprint density at radius 3 is 2.50 bits per heavy atom. The predicted molar refractivity (Wildman–Crippen MR) is 75.9 cm³/mol. The monoisotopic (exact) mass is 274 g/mol. The third kappa shape index (κ3) is 4.08. The van der Waals surface area contributed by atoms with E-state index in [4.69, 9.17) is 9.47 Å². The third-order valence-corrected chi connectivity index (χ3v) is 2.52. The van der Waals surface area contributed by atoms with Crippen LogP contribution in [0.2, 0.25) is 0 Å². The van der Waals surface area contributed by atoms with E-state index in [1.807, 2.05) is 30.3 Å². The van der Waals surface area contributed by atoms with Crippen LogP contribution in [-0.2, 0) is 6.61 Å². The number of nitrogens with zero attached hydrogens (tertiary/aromatic N) is 3. The largest absolute Gasteiger partial charge is 0.467 e. The maximum absolute atomic E-state index is 5.57. The van der Waals surface area contributed by atoms with Crippen molar-refractivity contribution in [3.05, 3.63) is 35.9 Å². The Morgan fingerprint density at radius 2 is 1.80 bits per heavy atom. The fourth-order valence-corrected chi connectivity index (χ4v) is 1.53. The van der Waals surface area contributed by atoms with E-state index in [-0.39, 0.29) is 12.0 Å². The van der Waals surface area contributed by atoms with E-state index in [0.717, 1.165) is 18.5 Å². The van der Waals surface area contributed by atoms with Crippen LogP contribution in [0.4, 0.5) is 5.95 Å². The summed E-state index contributed by atoms with van der Waals surface area (Å²) < 4.78 is 10.6. The van der Waals surface area contributed by atoms with Crippen molar-refractivity contribution >= 4 is 5.95 Å². The lowest BCUT2D eigenvalue weighted by Crippen LogP contribution is -2.08. The standard InChI is InChI=1S/C14H18N4O2/c1-3-9-15-12-16-13(19-2)18-14(17-12)20-10-11-7-5-4-6-8-11/h4-8H,3,9-10H2,1-2H3,(H,15,16,17,18). The lowest BCUT2D eigenvalue weighted by molar-refractivity contribution is 0.271. The average molecular weight is 274 g/mol. The molecule has 106 valence electrons. The number of anilines is 1. The normalized spacial score (nSPS) is 10.1. The van der Waals surface area contributed by atoms with Crippen LogP contribution in [0.1, 0.15) is 18.9 Å². The van der Waals surface area contributed by atoms with Crippen LogP contribution in [0.3, 0.4) is 0 Å². The molecule has 0 atom stereocenters. The molecule has 0 aliphatic rings. The molecule has 2 aromatic rings. The zero-order valence-corrected chi connectivity index (χ0v) is 11.7. The van der Waals surface area contributed by atoms with Crippen LogP contribution < -0.4 is 14.8 Å². The summed E-state index contributed by atoms with van der Waals surface area (Å²) in [4.78, 5) is 12.4. The third-order valence-electron chi connectivity index (χ3n) is 2.52. The van der Waals surface area contributed by atoms with Crippen molar-refractivity contribution in [1.82, 2.24) is 15.0 Å². The number of hydrogen-bond donors (Lipinski definition) is 1. The zero-order chi connectivity index (χ0) is 14.2. The van der Waals surface area contributed by atoms with Gasteiger partial charge in [0.15, 0.2) is 0 Å². The smallest absolute Gasteiger partial charge is 0.324 e. The van der Waals surface area contributed by atoms with E-state index < -0.39 is 0 Å². The number of nitrogens with one attached hydrogen (secondary N) is 1. The molecule has 0 saturated carbocycles. The van der Waals surface area contributed by atoms with Gasteiger partial charge in [-0.15, -0.1) is 4.98 Å². The van der Waals surface area contributed by atoms with Crippen LogP contribution in [0.5, 0.6) is 12.0 Å². The molecule has 0 unspecified atom stereocenters. The van der Waals surface area contributed by atoms with Gasteiger partial charge in [-0.3, -0.25) is 0 Å². The van der Waals surface area contributed by atoms with Crippen molar-refractivity contribution < 1.29 is 9.47 Å². The van der Waals surface area contributed by atoms with Gasteiger partial charge in [-0.05, 0) is 12.0 Å². The van der Waals surface area contributed by atoms with Crippen LogP contribution in [0, 0.1) is 0 Å². The Morgan fingerprint density at radius 1 is 1.05 bits per heavy atom. The van der Waals surface area contributed by atoms with E-state index in [9.17, 15) is 0 Å². The highest BCUT2D eigenvalue weighted by atomic mass is 16.5. The van der Waals surface area contributed by atoms with Crippen molar-refractivity contribution in [3.8, 4) is 12.0 Å². The molecule has 2 rings (SSSR count). The van der Waals surface area contributed by atoms with Gasteiger partial charge in [-0.1, -0.05) is 37.3 Å². The minimum Gasteiger partial charge on any atom is -0.467 e. The van der Waals surface area contributed by atoms with E-state index in [2.05, 4.69) is 27.2 Å². The molecule has 6 nitrogen and oxygen atoms in total. The molecule has 0 fully saturated rings. The van der Waals surface area contributed by atoms with Gasteiger partial charge in [0, 0.05) is 6.54 Å². The molecule has 1 aromatic heterocycles. The molecule has 0 saturated heterocycles. The first-order valence-corrected chi connectivity index (χ1v) is 6.52. The van der Waals surface area contributed by atoms with Crippen molar-refractivity contribution in [2.45, 2.75) is 20.0 Å². The Balaban J connectivity index is 2.06. The zero-order valence-electron chi connectivity index (χ0n) is 11.7. The molecule has 0 radical (unpaired) electrons. The summed E-state index contributed by atoms with van der Waals surface area (Å²) in [6, 6.07) is 10.3. The molecule has 1 heterocycles. The summed E-state index contributed by atoms with van der Waals surface area (Å²) in [6.07, 6.45) is 0.980. The lowest BCUT2D eigenvalue weighted by Gasteiger charge is -2.08. The first kappa shape index (κ1) is 14.0.